The molecule has 0 bridgehead atoms. The Kier molecular flexibility index (Phi) is 7.44. The van der Waals surface area contributed by atoms with E-state index in [-0.39, 0.29) is 29.9 Å². The number of benzene rings is 2. The molecule has 0 unspecified atom stereocenters. The number of carbonyl (C=O) groups is 2. The second kappa shape index (κ2) is 10.1. The van der Waals surface area contributed by atoms with Gasteiger partial charge in [0.1, 0.15) is 12.4 Å². The first-order valence-electron chi connectivity index (χ1n) is 11.6. The molecule has 1 aromatic heterocycles. The Balaban J connectivity index is 1.82. The molecule has 34 heavy (non-hydrogen) atoms. The van der Waals surface area contributed by atoms with E-state index in [0.29, 0.717) is 11.5 Å². The number of carbonyl (C=O) groups excluding carboxylic acids is 2. The number of urea groups is 1. The summed E-state index contributed by atoms with van der Waals surface area (Å²) < 4.78 is 1.76. The quantitative estimate of drug-likeness (QED) is 0.497. The van der Waals surface area contributed by atoms with Crippen molar-refractivity contribution in [3.8, 4) is 5.69 Å². The zero-order chi connectivity index (χ0) is 25.0. The first-order chi connectivity index (χ1) is 16.0. The molecule has 0 radical (unpaired) electrons. The van der Waals surface area contributed by atoms with E-state index in [0.717, 1.165) is 22.5 Å². The Hall–Kier alpha value is -3.61. The summed E-state index contributed by atoms with van der Waals surface area (Å²) in [5.41, 5.74) is 4.41. The lowest BCUT2D eigenvalue weighted by molar-refractivity contribution is -0.117. The molecule has 0 fully saturated rings. The maximum absolute atomic E-state index is 13.1. The highest BCUT2D eigenvalue weighted by molar-refractivity contribution is 5.97. The van der Waals surface area contributed by atoms with Gasteiger partial charge in [0, 0.05) is 23.2 Å². The Morgan fingerprint density at radius 1 is 1.00 bits per heavy atom. The maximum atomic E-state index is 13.1. The predicted molar refractivity (Wildman–Crippen MR) is 138 cm³/mol. The molecule has 7 heteroatoms. The van der Waals surface area contributed by atoms with Gasteiger partial charge in [0.05, 0.1) is 11.4 Å². The average Bonchev–Trinajstić information content (AvgIpc) is 3.17. The van der Waals surface area contributed by atoms with Crippen LogP contribution in [0.15, 0.2) is 54.6 Å². The van der Waals surface area contributed by atoms with Crippen LogP contribution in [0.25, 0.3) is 5.69 Å². The van der Waals surface area contributed by atoms with Crippen LogP contribution in [0, 0.1) is 13.8 Å². The van der Waals surface area contributed by atoms with Gasteiger partial charge in [-0.3, -0.25) is 4.79 Å². The number of hydrogen-bond donors (Lipinski definition) is 2. The van der Waals surface area contributed by atoms with Gasteiger partial charge in [-0.15, -0.1) is 0 Å². The van der Waals surface area contributed by atoms with Gasteiger partial charge in [-0.2, -0.15) is 5.10 Å². The summed E-state index contributed by atoms with van der Waals surface area (Å²) in [7, 11) is 0. The summed E-state index contributed by atoms with van der Waals surface area (Å²) in [5, 5.41) is 10.6. The summed E-state index contributed by atoms with van der Waals surface area (Å²) in [6.07, 6.45) is 0. The number of aryl methyl sites for hydroxylation is 2. The SMILES string of the molecule is Cc1ccc(NC(=O)N(CC(=O)Nc2cc(C(C)(C)C)nn2-c2ccccc2C)C(C)C)cc1. The molecular weight excluding hydrogens is 426 g/mol. The molecule has 1 heterocycles. The van der Waals surface area contributed by atoms with E-state index in [1.165, 1.54) is 4.90 Å². The standard InChI is InChI=1S/C27H35N5O2/c1-18(2)31(26(34)28-21-14-12-19(3)13-15-21)17-25(33)29-24-16-23(27(5,6)7)30-32(24)22-11-9-8-10-20(22)4/h8-16,18H,17H2,1-7H3,(H,28,34)(H,29,33). The fourth-order valence-corrected chi connectivity index (χ4v) is 3.48. The molecule has 0 spiro atoms. The minimum absolute atomic E-state index is 0.0842. The van der Waals surface area contributed by atoms with E-state index in [1.54, 1.807) is 4.68 Å². The number of hydrogen-bond acceptors (Lipinski definition) is 3. The first kappa shape index (κ1) is 25.0. The molecule has 0 atom stereocenters. The highest BCUT2D eigenvalue weighted by Gasteiger charge is 2.24. The van der Waals surface area contributed by atoms with Gasteiger partial charge >= 0.3 is 6.03 Å². The van der Waals surface area contributed by atoms with E-state index in [2.05, 4.69) is 31.4 Å². The van der Waals surface area contributed by atoms with Crippen molar-refractivity contribution in [3.63, 3.8) is 0 Å². The van der Waals surface area contributed by atoms with Gasteiger partial charge < -0.3 is 15.5 Å². The minimum atomic E-state index is -0.322. The van der Waals surface area contributed by atoms with Crippen molar-refractivity contribution in [2.75, 3.05) is 17.2 Å². The summed E-state index contributed by atoms with van der Waals surface area (Å²) in [5.74, 6) is 0.287. The van der Waals surface area contributed by atoms with Gasteiger partial charge in [0.15, 0.2) is 0 Å². The van der Waals surface area contributed by atoms with Crippen LogP contribution in [0.4, 0.5) is 16.3 Å². The summed E-state index contributed by atoms with van der Waals surface area (Å²) in [4.78, 5) is 27.5. The normalized spacial score (nSPS) is 11.4. The Bertz CT molecular complexity index is 1160. The van der Waals surface area contributed by atoms with Crippen molar-refractivity contribution in [2.45, 2.75) is 59.9 Å². The third kappa shape index (κ3) is 6.04. The molecular formula is C27H35N5O2. The van der Waals surface area contributed by atoms with E-state index >= 15 is 0 Å². The zero-order valence-corrected chi connectivity index (χ0v) is 21.1. The van der Waals surface area contributed by atoms with E-state index < -0.39 is 0 Å². The summed E-state index contributed by atoms with van der Waals surface area (Å²) in [6.45, 7) is 13.9. The van der Waals surface area contributed by atoms with Gasteiger partial charge in [-0.05, 0) is 51.5 Å². The predicted octanol–water partition coefficient (Wildman–Crippen LogP) is 5.67. The van der Waals surface area contributed by atoms with Crippen molar-refractivity contribution in [3.05, 3.63) is 71.4 Å². The highest BCUT2D eigenvalue weighted by Crippen LogP contribution is 2.27. The lowest BCUT2D eigenvalue weighted by Gasteiger charge is -2.26. The molecule has 0 aliphatic carbocycles. The topological polar surface area (TPSA) is 79.3 Å². The Morgan fingerprint density at radius 3 is 2.24 bits per heavy atom. The number of amides is 3. The molecule has 3 rings (SSSR count). The molecule has 7 nitrogen and oxygen atoms in total. The second-order valence-corrected chi connectivity index (χ2v) is 9.93. The Labute approximate surface area is 202 Å². The van der Waals surface area contributed by atoms with Crippen LogP contribution in [0.3, 0.4) is 0 Å². The van der Waals surface area contributed by atoms with Crippen LogP contribution in [0.1, 0.15) is 51.4 Å². The number of anilines is 2. The van der Waals surface area contributed by atoms with Crippen LogP contribution >= 0.6 is 0 Å². The summed E-state index contributed by atoms with van der Waals surface area (Å²) >= 11 is 0. The number of aromatic nitrogens is 2. The lowest BCUT2D eigenvalue weighted by Crippen LogP contribution is -2.44. The second-order valence-electron chi connectivity index (χ2n) is 9.93. The van der Waals surface area contributed by atoms with Crippen LogP contribution in [-0.2, 0) is 10.2 Å². The number of nitrogens with zero attached hydrogens (tertiary/aromatic N) is 3. The van der Waals surface area contributed by atoms with Gasteiger partial charge in [0.2, 0.25) is 5.91 Å². The maximum Gasteiger partial charge on any atom is 0.322 e. The zero-order valence-electron chi connectivity index (χ0n) is 21.1. The number of rotatable bonds is 6. The third-order valence-corrected chi connectivity index (χ3v) is 5.59. The molecule has 2 aromatic carbocycles. The summed E-state index contributed by atoms with van der Waals surface area (Å²) in [6, 6.07) is 16.9. The van der Waals surface area contributed by atoms with Crippen LogP contribution in [-0.4, -0.2) is 39.2 Å². The minimum Gasteiger partial charge on any atom is -0.313 e. The van der Waals surface area contributed by atoms with Gasteiger partial charge in [-0.25, -0.2) is 9.48 Å². The molecule has 0 aliphatic rings. The van der Waals surface area contributed by atoms with Crippen molar-refractivity contribution in [2.24, 2.45) is 0 Å². The third-order valence-electron chi connectivity index (χ3n) is 5.59. The van der Waals surface area contributed by atoms with E-state index in [1.807, 2.05) is 82.3 Å². The van der Waals surface area contributed by atoms with E-state index in [9.17, 15) is 9.59 Å². The fourth-order valence-electron chi connectivity index (χ4n) is 3.48. The lowest BCUT2D eigenvalue weighted by atomic mass is 9.92. The highest BCUT2D eigenvalue weighted by atomic mass is 16.2. The molecule has 3 aromatic rings. The molecule has 3 amide bonds. The number of nitrogens with one attached hydrogen (secondary N) is 2. The average molecular weight is 462 g/mol. The molecule has 0 saturated carbocycles. The number of para-hydroxylation sites is 1. The molecule has 180 valence electrons. The van der Waals surface area contributed by atoms with Crippen molar-refractivity contribution in [1.29, 1.82) is 0 Å². The Morgan fingerprint density at radius 2 is 1.65 bits per heavy atom. The smallest absolute Gasteiger partial charge is 0.313 e. The van der Waals surface area contributed by atoms with Crippen molar-refractivity contribution >= 4 is 23.4 Å². The van der Waals surface area contributed by atoms with Crippen LogP contribution in [0.2, 0.25) is 0 Å². The van der Waals surface area contributed by atoms with Crippen LogP contribution < -0.4 is 10.6 Å². The van der Waals surface area contributed by atoms with Crippen molar-refractivity contribution < 1.29 is 9.59 Å². The fraction of sp³-hybridized carbons (Fsp3) is 0.370. The monoisotopic (exact) mass is 461 g/mol. The molecule has 0 aliphatic heterocycles. The largest absolute Gasteiger partial charge is 0.322 e. The molecule has 0 saturated heterocycles. The first-order valence-corrected chi connectivity index (χ1v) is 11.6. The van der Waals surface area contributed by atoms with Crippen LogP contribution in [0.5, 0.6) is 0 Å². The van der Waals surface area contributed by atoms with Gasteiger partial charge in [0.25, 0.3) is 0 Å². The van der Waals surface area contributed by atoms with E-state index in [4.69, 9.17) is 5.10 Å². The molecule has 2 N–H and O–H groups in total. The van der Waals surface area contributed by atoms with Gasteiger partial charge in [-0.1, -0.05) is 56.7 Å². The van der Waals surface area contributed by atoms with Crippen molar-refractivity contribution in [1.82, 2.24) is 14.7 Å².